The van der Waals surface area contributed by atoms with Crippen molar-refractivity contribution >= 4 is 17.2 Å². The van der Waals surface area contributed by atoms with Crippen LogP contribution in [0.25, 0.3) is 5.65 Å². The average Bonchev–Trinajstić information content (AvgIpc) is 3.05. The van der Waals surface area contributed by atoms with Crippen LogP contribution in [0.3, 0.4) is 0 Å². The number of anilines is 1. The highest BCUT2D eigenvalue weighted by Crippen LogP contribution is 2.23. The molecule has 1 saturated heterocycles. The van der Waals surface area contributed by atoms with Gasteiger partial charge in [0, 0.05) is 42.8 Å². The summed E-state index contributed by atoms with van der Waals surface area (Å²) in [5, 5.41) is 4.36. The van der Waals surface area contributed by atoms with Crippen molar-refractivity contribution in [2.75, 3.05) is 24.5 Å². The third kappa shape index (κ3) is 3.16. The molecular weight excluding hydrogens is 338 g/mol. The van der Waals surface area contributed by atoms with Crippen molar-refractivity contribution in [2.45, 2.75) is 33.7 Å². The monoisotopic (exact) mass is 363 g/mol. The third-order valence-electron chi connectivity index (χ3n) is 5.26. The fourth-order valence-corrected chi connectivity index (χ4v) is 3.92. The third-order valence-corrected chi connectivity index (χ3v) is 5.26. The minimum absolute atomic E-state index is 0.0123. The van der Waals surface area contributed by atoms with Crippen molar-refractivity contribution in [3.63, 3.8) is 0 Å². The van der Waals surface area contributed by atoms with Gasteiger partial charge >= 0.3 is 0 Å². The molecule has 6 heteroatoms. The van der Waals surface area contributed by atoms with Crippen LogP contribution < -0.4 is 4.90 Å². The number of amides is 1. The summed E-state index contributed by atoms with van der Waals surface area (Å²) in [6, 6.07) is 10.8. The molecule has 1 aromatic carbocycles. The molecule has 140 valence electrons. The highest BCUT2D eigenvalue weighted by atomic mass is 16.2. The summed E-state index contributed by atoms with van der Waals surface area (Å²) in [7, 11) is 0. The number of fused-ring (bicyclic) bond motifs is 1. The van der Waals surface area contributed by atoms with Crippen LogP contribution in [0, 0.1) is 20.8 Å². The van der Waals surface area contributed by atoms with Crippen LogP contribution in [-0.4, -0.2) is 51.1 Å². The van der Waals surface area contributed by atoms with Crippen molar-refractivity contribution in [3.05, 3.63) is 59.0 Å². The number of nitrogens with zero attached hydrogens (tertiary/aromatic N) is 5. The molecular formula is C21H25N5O. The van der Waals surface area contributed by atoms with Gasteiger partial charge in [-0.3, -0.25) is 4.79 Å². The van der Waals surface area contributed by atoms with E-state index in [-0.39, 0.29) is 11.9 Å². The largest absolute Gasteiger partial charge is 0.365 e. The predicted octanol–water partition coefficient (Wildman–Crippen LogP) is 3.01. The first-order valence-corrected chi connectivity index (χ1v) is 9.38. The van der Waals surface area contributed by atoms with Gasteiger partial charge in [-0.05, 0) is 51.5 Å². The SMILES string of the molecule is Cc1cccc(N2CCN(C(=O)c3cnn4c(C)cc(C)nc34)C[C@H]2C)c1. The lowest BCUT2D eigenvalue weighted by atomic mass is 10.1. The standard InChI is InChI=1S/C21H25N5O/c1-14-6-5-7-18(10-14)25-9-8-24(13-17(25)4)21(27)19-12-22-26-16(3)11-15(2)23-20(19)26/h5-7,10-12,17H,8-9,13H2,1-4H3/t17-/m1/s1. The summed E-state index contributed by atoms with van der Waals surface area (Å²) in [5.41, 5.74) is 5.57. The van der Waals surface area contributed by atoms with E-state index in [0.29, 0.717) is 24.3 Å². The maximum atomic E-state index is 13.2. The lowest BCUT2D eigenvalue weighted by molar-refractivity contribution is 0.0728. The van der Waals surface area contributed by atoms with Crippen molar-refractivity contribution < 1.29 is 4.79 Å². The number of benzene rings is 1. The molecule has 2 aromatic heterocycles. The average molecular weight is 363 g/mol. The van der Waals surface area contributed by atoms with Crippen molar-refractivity contribution in [2.24, 2.45) is 0 Å². The van der Waals surface area contributed by atoms with E-state index in [9.17, 15) is 4.79 Å². The smallest absolute Gasteiger partial charge is 0.259 e. The lowest BCUT2D eigenvalue weighted by Gasteiger charge is -2.41. The first-order chi connectivity index (χ1) is 12.9. The molecule has 3 heterocycles. The Morgan fingerprint density at radius 1 is 1.15 bits per heavy atom. The maximum absolute atomic E-state index is 13.2. The normalized spacial score (nSPS) is 17.6. The van der Waals surface area contributed by atoms with Gasteiger partial charge in [-0.1, -0.05) is 12.1 Å². The Hall–Kier alpha value is -2.89. The van der Waals surface area contributed by atoms with E-state index in [2.05, 4.69) is 53.1 Å². The number of aryl methyl sites for hydroxylation is 3. The highest BCUT2D eigenvalue weighted by Gasteiger charge is 2.29. The summed E-state index contributed by atoms with van der Waals surface area (Å²) < 4.78 is 1.74. The molecule has 0 N–H and O–H groups in total. The summed E-state index contributed by atoms with van der Waals surface area (Å²) in [4.78, 5) is 22.0. The Balaban J connectivity index is 1.57. The molecule has 4 rings (SSSR count). The van der Waals surface area contributed by atoms with Gasteiger partial charge in [-0.15, -0.1) is 0 Å². The molecule has 6 nitrogen and oxygen atoms in total. The van der Waals surface area contributed by atoms with Crippen LogP contribution in [-0.2, 0) is 0 Å². The lowest BCUT2D eigenvalue weighted by Crippen LogP contribution is -2.53. The molecule has 1 fully saturated rings. The molecule has 0 unspecified atom stereocenters. The highest BCUT2D eigenvalue weighted by molar-refractivity contribution is 5.99. The molecule has 27 heavy (non-hydrogen) atoms. The minimum Gasteiger partial charge on any atom is -0.365 e. The number of hydrogen-bond donors (Lipinski definition) is 0. The van der Waals surface area contributed by atoms with Crippen LogP contribution in [0.15, 0.2) is 36.5 Å². The molecule has 0 spiro atoms. The minimum atomic E-state index is 0.0123. The number of hydrogen-bond acceptors (Lipinski definition) is 4. The van der Waals surface area contributed by atoms with E-state index < -0.39 is 0 Å². The summed E-state index contributed by atoms with van der Waals surface area (Å²) in [6.07, 6.45) is 1.65. The first-order valence-electron chi connectivity index (χ1n) is 9.38. The van der Waals surface area contributed by atoms with Crippen molar-refractivity contribution in [1.29, 1.82) is 0 Å². The van der Waals surface area contributed by atoms with Gasteiger partial charge in [-0.25, -0.2) is 9.50 Å². The van der Waals surface area contributed by atoms with Gasteiger partial charge in [-0.2, -0.15) is 5.10 Å². The molecule has 0 bridgehead atoms. The Kier molecular flexibility index (Phi) is 4.34. The Labute approximate surface area is 159 Å². The van der Waals surface area contributed by atoms with Crippen LogP contribution >= 0.6 is 0 Å². The Morgan fingerprint density at radius 2 is 1.96 bits per heavy atom. The molecule has 0 radical (unpaired) electrons. The zero-order valence-electron chi connectivity index (χ0n) is 16.3. The van der Waals surface area contributed by atoms with Gasteiger partial charge in [0.1, 0.15) is 5.56 Å². The molecule has 1 amide bonds. The fourth-order valence-electron chi connectivity index (χ4n) is 3.92. The number of rotatable bonds is 2. The van der Waals surface area contributed by atoms with Gasteiger partial charge in [0.2, 0.25) is 0 Å². The van der Waals surface area contributed by atoms with Crippen molar-refractivity contribution in [1.82, 2.24) is 19.5 Å². The molecule has 1 atom stereocenters. The van der Waals surface area contributed by atoms with E-state index in [4.69, 9.17) is 0 Å². The number of carbonyl (C=O) groups is 1. The van der Waals surface area contributed by atoms with E-state index in [1.54, 1.807) is 10.7 Å². The molecule has 3 aromatic rings. The molecule has 0 aliphatic carbocycles. The van der Waals surface area contributed by atoms with Crippen LogP contribution in [0.2, 0.25) is 0 Å². The van der Waals surface area contributed by atoms with Crippen molar-refractivity contribution in [3.8, 4) is 0 Å². The summed E-state index contributed by atoms with van der Waals surface area (Å²) in [5.74, 6) is 0.0123. The quantitative estimate of drug-likeness (QED) is 0.702. The van der Waals surface area contributed by atoms with Crippen LogP contribution in [0.5, 0.6) is 0 Å². The van der Waals surface area contributed by atoms with Gasteiger partial charge < -0.3 is 9.80 Å². The maximum Gasteiger partial charge on any atom is 0.259 e. The topological polar surface area (TPSA) is 53.7 Å². The summed E-state index contributed by atoms with van der Waals surface area (Å²) >= 11 is 0. The second-order valence-corrected chi connectivity index (χ2v) is 7.47. The second-order valence-electron chi connectivity index (χ2n) is 7.47. The van der Waals surface area contributed by atoms with E-state index in [1.807, 2.05) is 24.8 Å². The number of aromatic nitrogens is 3. The molecule has 1 aliphatic heterocycles. The van der Waals surface area contributed by atoms with E-state index in [1.165, 1.54) is 11.3 Å². The van der Waals surface area contributed by atoms with E-state index >= 15 is 0 Å². The molecule has 0 saturated carbocycles. The van der Waals surface area contributed by atoms with Crippen LogP contribution in [0.1, 0.15) is 34.2 Å². The number of carbonyl (C=O) groups excluding carboxylic acids is 1. The Bertz CT molecular complexity index is 1010. The van der Waals surface area contributed by atoms with Gasteiger partial charge in [0.05, 0.1) is 6.20 Å². The first kappa shape index (κ1) is 17.5. The van der Waals surface area contributed by atoms with Gasteiger partial charge in [0.15, 0.2) is 5.65 Å². The predicted molar refractivity (Wildman–Crippen MR) is 106 cm³/mol. The second kappa shape index (κ2) is 6.68. The zero-order chi connectivity index (χ0) is 19.1. The summed E-state index contributed by atoms with van der Waals surface area (Å²) in [6.45, 7) is 10.4. The number of piperazine rings is 1. The van der Waals surface area contributed by atoms with E-state index in [0.717, 1.165) is 17.9 Å². The molecule has 1 aliphatic rings. The van der Waals surface area contributed by atoms with Crippen LogP contribution in [0.4, 0.5) is 5.69 Å². The zero-order valence-corrected chi connectivity index (χ0v) is 16.3. The van der Waals surface area contributed by atoms with Gasteiger partial charge in [0.25, 0.3) is 5.91 Å². The Morgan fingerprint density at radius 3 is 2.70 bits per heavy atom. The fraction of sp³-hybridized carbons (Fsp3) is 0.381.